The lowest BCUT2D eigenvalue weighted by Crippen LogP contribution is -2.42. The maximum absolute atomic E-state index is 13.2. The fourth-order valence-electron chi connectivity index (χ4n) is 4.26. The molecule has 0 spiro atoms. The Morgan fingerprint density at radius 3 is 2.23 bits per heavy atom. The van der Waals surface area contributed by atoms with Gasteiger partial charge < -0.3 is 5.32 Å². The van der Waals surface area contributed by atoms with Gasteiger partial charge in [0.25, 0.3) is 0 Å². The van der Waals surface area contributed by atoms with Gasteiger partial charge in [-0.1, -0.05) is 78.4 Å². The number of anilines is 1. The van der Waals surface area contributed by atoms with E-state index in [0.29, 0.717) is 5.56 Å². The maximum atomic E-state index is 13.2. The number of carbonyl (C=O) groups excluding carboxylic acids is 1. The Morgan fingerprint density at radius 2 is 1.57 bits per heavy atom. The number of nitriles is 2. The van der Waals surface area contributed by atoms with Crippen molar-refractivity contribution in [2.45, 2.75) is 25.3 Å². The number of aryl methyl sites for hydroxylation is 1. The van der Waals surface area contributed by atoms with Crippen LogP contribution < -0.4 is 5.32 Å². The number of carbonyl (C=O) groups is 1. The molecule has 0 fully saturated rings. The van der Waals surface area contributed by atoms with Gasteiger partial charge in [-0.05, 0) is 24.1 Å². The summed E-state index contributed by atoms with van der Waals surface area (Å²) in [6, 6.07) is 28.6. The number of nitrogens with one attached hydrogen (secondary N) is 1. The van der Waals surface area contributed by atoms with Gasteiger partial charge in [0.2, 0.25) is 0 Å². The zero-order valence-electron chi connectivity index (χ0n) is 16.7. The van der Waals surface area contributed by atoms with E-state index in [2.05, 4.69) is 17.5 Å². The van der Waals surface area contributed by atoms with E-state index < -0.39 is 17.4 Å². The Morgan fingerprint density at radius 1 is 0.933 bits per heavy atom. The van der Waals surface area contributed by atoms with Crippen molar-refractivity contribution in [3.05, 3.63) is 101 Å². The van der Waals surface area contributed by atoms with Crippen molar-refractivity contribution in [3.63, 3.8) is 0 Å². The van der Waals surface area contributed by atoms with E-state index in [1.807, 2.05) is 73.7 Å². The summed E-state index contributed by atoms with van der Waals surface area (Å²) >= 11 is 0. The number of benzene rings is 3. The van der Waals surface area contributed by atoms with Gasteiger partial charge in [0.15, 0.2) is 11.2 Å². The van der Waals surface area contributed by atoms with Gasteiger partial charge in [0.1, 0.15) is 0 Å². The molecule has 4 heteroatoms. The molecule has 30 heavy (non-hydrogen) atoms. The molecule has 3 aromatic rings. The third-order valence-electron chi connectivity index (χ3n) is 5.91. The van der Waals surface area contributed by atoms with Crippen LogP contribution in [0, 0.1) is 35.0 Å². The van der Waals surface area contributed by atoms with Gasteiger partial charge in [-0.2, -0.15) is 10.5 Å². The monoisotopic (exact) mass is 391 g/mol. The fourth-order valence-corrected chi connectivity index (χ4v) is 4.26. The Bertz CT molecular complexity index is 1140. The van der Waals surface area contributed by atoms with E-state index in [1.165, 1.54) is 0 Å². The quantitative estimate of drug-likeness (QED) is 0.591. The molecular formula is C26H21N3O. The van der Waals surface area contributed by atoms with Crippen molar-refractivity contribution < 1.29 is 4.79 Å². The molecule has 1 N–H and O–H groups in total. The summed E-state index contributed by atoms with van der Waals surface area (Å²) in [5.41, 5.74) is 2.78. The van der Waals surface area contributed by atoms with Crippen LogP contribution in [0.25, 0.3) is 0 Å². The summed E-state index contributed by atoms with van der Waals surface area (Å²) in [6.07, 6.45) is 0.0895. The third-order valence-corrected chi connectivity index (χ3v) is 5.91. The number of para-hydroxylation sites is 1. The molecule has 4 nitrogen and oxygen atoms in total. The number of ketones is 1. The lowest BCUT2D eigenvalue weighted by atomic mass is 9.63. The highest BCUT2D eigenvalue weighted by atomic mass is 16.1. The molecule has 0 aliphatic carbocycles. The summed E-state index contributed by atoms with van der Waals surface area (Å²) in [5.74, 6) is -0.623. The van der Waals surface area contributed by atoms with Gasteiger partial charge in [-0.3, -0.25) is 4.79 Å². The molecule has 0 saturated carbocycles. The van der Waals surface area contributed by atoms with Crippen LogP contribution in [0.1, 0.15) is 45.4 Å². The molecule has 0 amide bonds. The second kappa shape index (κ2) is 7.85. The fraction of sp³-hybridized carbons (Fsp3) is 0.192. The van der Waals surface area contributed by atoms with Gasteiger partial charge in [-0.25, -0.2) is 0 Å². The molecule has 0 saturated heterocycles. The second-order valence-corrected chi connectivity index (χ2v) is 7.71. The first-order valence-corrected chi connectivity index (χ1v) is 9.92. The van der Waals surface area contributed by atoms with Gasteiger partial charge in [0.05, 0.1) is 18.2 Å². The van der Waals surface area contributed by atoms with Crippen LogP contribution >= 0.6 is 0 Å². The predicted octanol–water partition coefficient (Wildman–Crippen LogP) is 5.55. The number of Topliss-reactive ketones (excluding diaryl/α,β-unsaturated/α-hetero) is 1. The minimum absolute atomic E-state index is 0.0709. The van der Waals surface area contributed by atoms with Crippen molar-refractivity contribution >= 4 is 11.5 Å². The van der Waals surface area contributed by atoms with E-state index in [9.17, 15) is 15.3 Å². The third kappa shape index (κ3) is 3.23. The SMILES string of the molecule is Cc1ccc(C(=O)C[C@@H]2c3ccccc3N[C@@H](c3ccccc3)C2(C#N)C#N)cc1. The van der Waals surface area contributed by atoms with Gasteiger partial charge in [0, 0.05) is 23.6 Å². The second-order valence-electron chi connectivity index (χ2n) is 7.71. The molecule has 1 aliphatic heterocycles. The van der Waals surface area contributed by atoms with Crippen LogP contribution in [0.5, 0.6) is 0 Å². The Labute approximate surface area is 176 Å². The summed E-state index contributed by atoms with van der Waals surface area (Å²) in [5, 5.41) is 23.9. The van der Waals surface area contributed by atoms with Crippen LogP contribution in [0.3, 0.4) is 0 Å². The normalized spacial score (nSPS) is 18.9. The summed E-state index contributed by atoms with van der Waals surface area (Å²) in [4.78, 5) is 13.2. The van der Waals surface area contributed by atoms with E-state index in [4.69, 9.17) is 0 Å². The largest absolute Gasteiger partial charge is 0.375 e. The van der Waals surface area contributed by atoms with Crippen LogP contribution in [0.2, 0.25) is 0 Å². The van der Waals surface area contributed by atoms with Gasteiger partial charge >= 0.3 is 0 Å². The van der Waals surface area contributed by atoms with Crippen molar-refractivity contribution in [3.8, 4) is 12.1 Å². The summed E-state index contributed by atoms with van der Waals surface area (Å²) in [6.45, 7) is 1.97. The average Bonchev–Trinajstić information content (AvgIpc) is 2.80. The average molecular weight is 391 g/mol. The molecule has 0 bridgehead atoms. The van der Waals surface area contributed by atoms with Crippen LogP contribution in [0.4, 0.5) is 5.69 Å². The van der Waals surface area contributed by atoms with Crippen molar-refractivity contribution in [2.24, 2.45) is 5.41 Å². The summed E-state index contributed by atoms with van der Waals surface area (Å²) in [7, 11) is 0. The molecule has 1 heterocycles. The summed E-state index contributed by atoms with van der Waals surface area (Å²) < 4.78 is 0. The first kappa shape index (κ1) is 19.4. The Balaban J connectivity index is 1.83. The molecule has 0 unspecified atom stereocenters. The highest BCUT2D eigenvalue weighted by Crippen LogP contribution is 2.54. The molecule has 1 aliphatic rings. The maximum Gasteiger partial charge on any atom is 0.175 e. The van der Waals surface area contributed by atoms with Crippen molar-refractivity contribution in [1.29, 1.82) is 10.5 Å². The number of hydrogen-bond acceptors (Lipinski definition) is 4. The Hall–Kier alpha value is -3.89. The first-order chi connectivity index (χ1) is 14.6. The van der Waals surface area contributed by atoms with Crippen LogP contribution in [-0.4, -0.2) is 5.78 Å². The molecular weight excluding hydrogens is 370 g/mol. The van der Waals surface area contributed by atoms with Gasteiger partial charge in [-0.15, -0.1) is 0 Å². The minimum Gasteiger partial charge on any atom is -0.375 e. The van der Waals surface area contributed by atoms with Crippen molar-refractivity contribution in [2.75, 3.05) is 5.32 Å². The molecule has 146 valence electrons. The minimum atomic E-state index is -1.42. The van der Waals surface area contributed by atoms with Crippen molar-refractivity contribution in [1.82, 2.24) is 0 Å². The lowest BCUT2D eigenvalue weighted by Gasteiger charge is -2.42. The van der Waals surface area contributed by atoms with Crippen LogP contribution in [-0.2, 0) is 0 Å². The topological polar surface area (TPSA) is 76.7 Å². The smallest absolute Gasteiger partial charge is 0.175 e. The molecule has 4 rings (SSSR count). The van der Waals surface area contributed by atoms with E-state index >= 15 is 0 Å². The number of fused-ring (bicyclic) bond motifs is 1. The standard InChI is InChI=1S/C26H21N3O/c1-18-11-13-19(14-12-18)24(30)15-22-21-9-5-6-10-23(21)29-25(26(22,16-27)17-28)20-7-3-2-4-8-20/h2-14,22,25,29H,15H2,1H3/t22-,25+/m1/s1. The van der Waals surface area contributed by atoms with E-state index in [0.717, 1.165) is 22.4 Å². The molecule has 0 radical (unpaired) electrons. The molecule has 2 atom stereocenters. The number of rotatable bonds is 4. The Kier molecular flexibility index (Phi) is 5.09. The number of hydrogen-bond donors (Lipinski definition) is 1. The predicted molar refractivity (Wildman–Crippen MR) is 116 cm³/mol. The first-order valence-electron chi connectivity index (χ1n) is 9.92. The zero-order chi connectivity index (χ0) is 21.1. The number of nitrogens with zero attached hydrogens (tertiary/aromatic N) is 2. The highest BCUT2D eigenvalue weighted by molar-refractivity contribution is 5.97. The van der Waals surface area contributed by atoms with E-state index in [1.54, 1.807) is 12.1 Å². The highest BCUT2D eigenvalue weighted by Gasteiger charge is 2.52. The molecule has 0 aromatic heterocycles. The van der Waals surface area contributed by atoms with E-state index in [-0.39, 0.29) is 12.2 Å². The van der Waals surface area contributed by atoms with Crippen LogP contribution in [0.15, 0.2) is 78.9 Å². The molecule has 3 aromatic carbocycles. The lowest BCUT2D eigenvalue weighted by molar-refractivity contribution is 0.0957. The zero-order valence-corrected chi connectivity index (χ0v) is 16.7.